The number of hydrogen-bond acceptors (Lipinski definition) is 3. The van der Waals surface area contributed by atoms with Crippen molar-refractivity contribution in [1.29, 1.82) is 0 Å². The molecule has 0 atom stereocenters. The number of unbranched alkanes of at least 4 members (excludes halogenated alkanes) is 3. The van der Waals surface area contributed by atoms with E-state index in [-0.39, 0.29) is 0 Å². The second-order valence-corrected chi connectivity index (χ2v) is 6.28. The van der Waals surface area contributed by atoms with E-state index in [1.54, 1.807) is 0 Å². The van der Waals surface area contributed by atoms with E-state index < -0.39 is 0 Å². The van der Waals surface area contributed by atoms with Crippen molar-refractivity contribution in [2.24, 2.45) is 0 Å². The van der Waals surface area contributed by atoms with E-state index in [9.17, 15) is 0 Å². The lowest BCUT2D eigenvalue weighted by atomic mass is 10.1. The molecule has 0 bridgehead atoms. The van der Waals surface area contributed by atoms with Gasteiger partial charge in [0.05, 0.1) is 5.39 Å². The molecule has 1 aromatic carbocycles. The van der Waals surface area contributed by atoms with Crippen molar-refractivity contribution in [1.82, 2.24) is 19.7 Å². The van der Waals surface area contributed by atoms with Gasteiger partial charge in [-0.25, -0.2) is 9.97 Å². The first-order valence-corrected chi connectivity index (χ1v) is 9.01. The molecule has 3 aromatic rings. The number of rotatable bonds is 9. The van der Waals surface area contributed by atoms with Crippen LogP contribution in [0.2, 0.25) is 0 Å². The van der Waals surface area contributed by atoms with E-state index in [1.165, 1.54) is 18.4 Å². The molecule has 0 spiro atoms. The first kappa shape index (κ1) is 16.6. The zero-order valence-corrected chi connectivity index (χ0v) is 14.4. The zero-order chi connectivity index (χ0) is 16.6. The summed E-state index contributed by atoms with van der Waals surface area (Å²) in [6.07, 6.45) is 13.0. The summed E-state index contributed by atoms with van der Waals surface area (Å²) in [5.41, 5.74) is 2.20. The van der Waals surface area contributed by atoms with E-state index >= 15 is 0 Å². The third-order valence-electron chi connectivity index (χ3n) is 4.23. The lowest BCUT2D eigenvalue weighted by Gasteiger charge is -2.02. The predicted molar refractivity (Wildman–Crippen MR) is 96.8 cm³/mol. The van der Waals surface area contributed by atoms with Gasteiger partial charge < -0.3 is 0 Å². The minimum absolute atomic E-state index is 0.778. The topological polar surface area (TPSA) is 43.6 Å². The number of benzene rings is 1. The molecule has 0 aliphatic carbocycles. The Kier molecular flexibility index (Phi) is 5.94. The van der Waals surface area contributed by atoms with E-state index in [0.29, 0.717) is 0 Å². The summed E-state index contributed by atoms with van der Waals surface area (Å²) in [5.74, 6) is 0.859. The molecule has 0 fully saturated rings. The Labute approximate surface area is 144 Å². The van der Waals surface area contributed by atoms with Crippen LogP contribution in [0.15, 0.2) is 36.5 Å². The minimum Gasteiger partial charge on any atom is -0.270 e. The molecule has 0 aliphatic rings. The molecule has 2 heterocycles. The maximum absolute atomic E-state index is 4.57. The molecule has 24 heavy (non-hydrogen) atoms. The van der Waals surface area contributed by atoms with Gasteiger partial charge in [0, 0.05) is 19.2 Å². The van der Waals surface area contributed by atoms with E-state index in [1.807, 2.05) is 10.9 Å². The molecule has 3 rings (SSSR count). The number of nitrogens with zero attached hydrogens (tertiary/aromatic N) is 4. The van der Waals surface area contributed by atoms with Crippen LogP contribution in [0.5, 0.6) is 0 Å². The van der Waals surface area contributed by atoms with Gasteiger partial charge in [0.2, 0.25) is 0 Å². The molecular formula is C20H25N4. The monoisotopic (exact) mass is 321 g/mol. The fourth-order valence-electron chi connectivity index (χ4n) is 2.83. The van der Waals surface area contributed by atoms with Crippen LogP contribution in [0.1, 0.15) is 50.4 Å². The third-order valence-corrected chi connectivity index (χ3v) is 4.23. The van der Waals surface area contributed by atoms with Crippen molar-refractivity contribution >= 4 is 11.0 Å². The van der Waals surface area contributed by atoms with Gasteiger partial charge in [-0.3, -0.25) is 4.68 Å². The van der Waals surface area contributed by atoms with Crippen molar-refractivity contribution in [2.45, 2.75) is 58.4 Å². The number of fused-ring (bicyclic) bond motifs is 1. The molecule has 125 valence electrons. The fourth-order valence-corrected chi connectivity index (χ4v) is 2.83. The van der Waals surface area contributed by atoms with Gasteiger partial charge in [0.15, 0.2) is 5.65 Å². The van der Waals surface area contributed by atoms with Crippen molar-refractivity contribution in [3.63, 3.8) is 0 Å². The van der Waals surface area contributed by atoms with Crippen molar-refractivity contribution in [3.8, 4) is 0 Å². The largest absolute Gasteiger partial charge is 0.270 e. The maximum Gasteiger partial charge on any atom is 0.185 e. The van der Waals surface area contributed by atoms with E-state index in [4.69, 9.17) is 0 Å². The second kappa shape index (κ2) is 8.57. The smallest absolute Gasteiger partial charge is 0.185 e. The summed E-state index contributed by atoms with van der Waals surface area (Å²) in [6, 6.07) is 10.7. The predicted octanol–water partition coefficient (Wildman–Crippen LogP) is 4.38. The van der Waals surface area contributed by atoms with Crippen molar-refractivity contribution < 1.29 is 0 Å². The molecule has 2 aromatic heterocycles. The molecule has 0 unspecified atom stereocenters. The Hall–Kier alpha value is -2.23. The van der Waals surface area contributed by atoms with Crippen LogP contribution in [0, 0.1) is 6.20 Å². The molecule has 0 aliphatic heterocycles. The fraction of sp³-hybridized carbons (Fsp3) is 0.450. The Morgan fingerprint density at radius 3 is 2.71 bits per heavy atom. The van der Waals surface area contributed by atoms with Crippen LogP contribution < -0.4 is 0 Å². The van der Waals surface area contributed by atoms with E-state index in [2.05, 4.69) is 58.5 Å². The molecule has 0 saturated carbocycles. The van der Waals surface area contributed by atoms with Gasteiger partial charge in [-0.05, 0) is 31.2 Å². The number of hydrogen-bond donors (Lipinski definition) is 0. The molecular weight excluding hydrogens is 296 g/mol. The molecule has 0 amide bonds. The molecule has 1 radical (unpaired) electrons. The summed E-state index contributed by atoms with van der Waals surface area (Å²) < 4.78 is 1.99. The van der Waals surface area contributed by atoms with Crippen LogP contribution in [-0.2, 0) is 19.4 Å². The van der Waals surface area contributed by atoms with Crippen LogP contribution in [0.4, 0.5) is 0 Å². The lowest BCUT2D eigenvalue weighted by Crippen LogP contribution is -1.99. The second-order valence-electron chi connectivity index (χ2n) is 6.28. The number of aryl methyl sites for hydroxylation is 3. The maximum atomic E-state index is 4.57. The first-order chi connectivity index (χ1) is 11.8. The minimum atomic E-state index is 0.778. The third kappa shape index (κ3) is 4.63. The SMILES string of the molecule is CCCCc1n[c]c2cn(CCCCCc3ccccc3)nc2n1. The summed E-state index contributed by atoms with van der Waals surface area (Å²) >= 11 is 0. The number of aromatic nitrogens is 4. The molecule has 0 saturated heterocycles. The Morgan fingerprint density at radius 2 is 1.88 bits per heavy atom. The van der Waals surface area contributed by atoms with Gasteiger partial charge in [-0.2, -0.15) is 5.10 Å². The highest BCUT2D eigenvalue weighted by Crippen LogP contribution is 2.11. The molecule has 4 heteroatoms. The zero-order valence-electron chi connectivity index (χ0n) is 14.4. The van der Waals surface area contributed by atoms with Gasteiger partial charge >= 0.3 is 0 Å². The Balaban J connectivity index is 1.46. The van der Waals surface area contributed by atoms with Crippen LogP contribution >= 0.6 is 0 Å². The van der Waals surface area contributed by atoms with Crippen LogP contribution in [0.25, 0.3) is 11.0 Å². The van der Waals surface area contributed by atoms with Gasteiger partial charge in [-0.1, -0.05) is 50.1 Å². The van der Waals surface area contributed by atoms with Crippen LogP contribution in [0.3, 0.4) is 0 Å². The van der Waals surface area contributed by atoms with Crippen molar-refractivity contribution in [3.05, 3.63) is 54.1 Å². The molecule has 4 nitrogen and oxygen atoms in total. The molecule has 0 N–H and O–H groups in total. The summed E-state index contributed by atoms with van der Waals surface area (Å²) in [7, 11) is 0. The van der Waals surface area contributed by atoms with E-state index in [0.717, 1.165) is 55.5 Å². The first-order valence-electron chi connectivity index (χ1n) is 9.01. The highest BCUT2D eigenvalue weighted by atomic mass is 15.3. The summed E-state index contributed by atoms with van der Waals surface area (Å²) in [6.45, 7) is 3.11. The lowest BCUT2D eigenvalue weighted by molar-refractivity contribution is 0.547. The highest BCUT2D eigenvalue weighted by molar-refractivity contribution is 5.71. The standard InChI is InChI=1S/C20H25N4/c1-2-3-13-19-21-15-18-16-24(23-20(18)22-19)14-9-5-8-12-17-10-6-4-7-11-17/h4,6-7,10-11,16H,2-3,5,8-9,12-14H2,1H3. The van der Waals surface area contributed by atoms with Crippen LogP contribution in [-0.4, -0.2) is 19.7 Å². The Morgan fingerprint density at radius 1 is 1.00 bits per heavy atom. The summed E-state index contributed by atoms with van der Waals surface area (Å²) in [5, 5.41) is 5.49. The summed E-state index contributed by atoms with van der Waals surface area (Å²) in [4.78, 5) is 8.85. The highest BCUT2D eigenvalue weighted by Gasteiger charge is 2.05. The quantitative estimate of drug-likeness (QED) is 0.549. The van der Waals surface area contributed by atoms with Gasteiger partial charge in [0.25, 0.3) is 0 Å². The normalized spacial score (nSPS) is 11.2. The average Bonchev–Trinajstić information content (AvgIpc) is 3.02. The van der Waals surface area contributed by atoms with Crippen molar-refractivity contribution in [2.75, 3.05) is 0 Å². The van der Waals surface area contributed by atoms with Gasteiger partial charge in [0.1, 0.15) is 12.0 Å². The Bertz CT molecular complexity index is 749. The van der Waals surface area contributed by atoms with Gasteiger partial charge in [-0.15, -0.1) is 0 Å². The average molecular weight is 321 g/mol.